The van der Waals surface area contributed by atoms with Gasteiger partial charge in [0.25, 0.3) is 0 Å². The van der Waals surface area contributed by atoms with Crippen molar-refractivity contribution in [2.45, 2.75) is 6.54 Å². The van der Waals surface area contributed by atoms with E-state index >= 15 is 0 Å². The Balaban J connectivity index is 1.51. The molecule has 0 radical (unpaired) electrons. The van der Waals surface area contributed by atoms with Crippen molar-refractivity contribution in [3.63, 3.8) is 0 Å². The van der Waals surface area contributed by atoms with Gasteiger partial charge in [-0.05, 0) is 29.8 Å². The van der Waals surface area contributed by atoms with Gasteiger partial charge in [0.2, 0.25) is 6.79 Å². The molecule has 0 bridgehead atoms. The highest BCUT2D eigenvalue weighted by Crippen LogP contribution is 2.36. The van der Waals surface area contributed by atoms with E-state index in [4.69, 9.17) is 21.1 Å². The number of nitrogens with zero attached hydrogens (tertiary/aromatic N) is 2. The van der Waals surface area contributed by atoms with Gasteiger partial charge in [0.1, 0.15) is 5.82 Å². The van der Waals surface area contributed by atoms with Crippen molar-refractivity contribution in [2.75, 3.05) is 24.8 Å². The van der Waals surface area contributed by atoms with Crippen LogP contribution < -0.4 is 14.4 Å². The van der Waals surface area contributed by atoms with Gasteiger partial charge in [0.05, 0.1) is 0 Å². The Morgan fingerprint density at radius 2 is 1.81 bits per heavy atom. The van der Waals surface area contributed by atoms with Gasteiger partial charge in [0.15, 0.2) is 11.5 Å². The molecule has 4 rings (SSSR count). The summed E-state index contributed by atoms with van der Waals surface area (Å²) < 4.78 is 23.7. The van der Waals surface area contributed by atoms with E-state index < -0.39 is 17.6 Å². The Morgan fingerprint density at radius 3 is 2.62 bits per heavy atom. The molecule has 8 heteroatoms. The maximum Gasteiger partial charge on any atom is 0.316 e. The zero-order chi connectivity index (χ0) is 18.3. The normalized spacial score (nSPS) is 16.4. The topological polar surface area (TPSA) is 59.1 Å². The standard InChI is InChI=1S/C18H14ClFN2O4/c19-14-7-12(20)2-1-11(14)9-21-5-6-22(18(24)17(21)23)13-3-4-15-16(8-13)26-10-25-15/h1-4,7-8H,5-6,9-10H2. The zero-order valence-corrected chi connectivity index (χ0v) is 14.3. The molecule has 0 atom stereocenters. The van der Waals surface area contributed by atoms with Crippen LogP contribution in [-0.4, -0.2) is 36.6 Å². The largest absolute Gasteiger partial charge is 0.454 e. The highest BCUT2D eigenvalue weighted by Gasteiger charge is 2.34. The highest BCUT2D eigenvalue weighted by molar-refractivity contribution is 6.41. The van der Waals surface area contributed by atoms with Crippen LogP contribution in [0.4, 0.5) is 10.1 Å². The van der Waals surface area contributed by atoms with Crippen LogP contribution in [0.15, 0.2) is 36.4 Å². The second kappa shape index (κ2) is 6.49. The second-order valence-electron chi connectivity index (χ2n) is 5.96. The van der Waals surface area contributed by atoms with Gasteiger partial charge in [-0.15, -0.1) is 0 Å². The lowest BCUT2D eigenvalue weighted by Crippen LogP contribution is -2.54. The molecule has 0 saturated carbocycles. The second-order valence-corrected chi connectivity index (χ2v) is 6.36. The molecule has 2 aromatic carbocycles. The van der Waals surface area contributed by atoms with Gasteiger partial charge in [-0.2, -0.15) is 0 Å². The van der Waals surface area contributed by atoms with Crippen molar-refractivity contribution in [1.29, 1.82) is 0 Å². The molecule has 2 aromatic rings. The molecule has 26 heavy (non-hydrogen) atoms. The first-order valence-electron chi connectivity index (χ1n) is 7.97. The summed E-state index contributed by atoms with van der Waals surface area (Å²) in [5.74, 6) is -0.558. The van der Waals surface area contributed by atoms with Gasteiger partial charge < -0.3 is 19.3 Å². The number of anilines is 1. The maximum atomic E-state index is 13.2. The van der Waals surface area contributed by atoms with Crippen molar-refractivity contribution >= 4 is 29.1 Å². The molecule has 1 saturated heterocycles. The van der Waals surface area contributed by atoms with Gasteiger partial charge in [-0.1, -0.05) is 17.7 Å². The molecule has 2 aliphatic heterocycles. The number of halogens is 2. The average Bonchev–Trinajstić information content (AvgIpc) is 3.09. The Bertz CT molecular complexity index is 905. The number of rotatable bonds is 3. The van der Waals surface area contributed by atoms with Crippen molar-refractivity contribution < 1.29 is 23.5 Å². The van der Waals surface area contributed by atoms with Crippen LogP contribution in [0, 0.1) is 5.82 Å². The summed E-state index contributed by atoms with van der Waals surface area (Å²) in [7, 11) is 0. The van der Waals surface area contributed by atoms with Crippen LogP contribution in [0.25, 0.3) is 0 Å². The van der Waals surface area contributed by atoms with E-state index in [0.717, 1.165) is 0 Å². The molecule has 2 aliphatic rings. The third-order valence-corrected chi connectivity index (χ3v) is 4.70. The minimum absolute atomic E-state index is 0.137. The van der Waals surface area contributed by atoms with Gasteiger partial charge in [-0.25, -0.2) is 4.39 Å². The lowest BCUT2D eigenvalue weighted by molar-refractivity contribution is -0.146. The number of hydrogen-bond acceptors (Lipinski definition) is 4. The van der Waals surface area contributed by atoms with E-state index in [1.807, 2.05) is 0 Å². The highest BCUT2D eigenvalue weighted by atomic mass is 35.5. The summed E-state index contributed by atoms with van der Waals surface area (Å²) in [4.78, 5) is 27.8. The number of hydrogen-bond donors (Lipinski definition) is 0. The molecule has 6 nitrogen and oxygen atoms in total. The predicted octanol–water partition coefficient (Wildman–Crippen LogP) is 2.58. The summed E-state index contributed by atoms with van der Waals surface area (Å²) >= 11 is 6.01. The van der Waals surface area contributed by atoms with Crippen LogP contribution in [-0.2, 0) is 16.1 Å². The Morgan fingerprint density at radius 1 is 1.00 bits per heavy atom. The third-order valence-electron chi connectivity index (χ3n) is 4.35. The fourth-order valence-corrected chi connectivity index (χ4v) is 3.21. The van der Waals surface area contributed by atoms with Crippen LogP contribution in [0.2, 0.25) is 5.02 Å². The lowest BCUT2D eigenvalue weighted by atomic mass is 10.1. The molecular weight excluding hydrogens is 363 g/mol. The fraction of sp³-hybridized carbons (Fsp3) is 0.222. The van der Waals surface area contributed by atoms with E-state index in [9.17, 15) is 14.0 Å². The summed E-state index contributed by atoms with van der Waals surface area (Å²) in [6.07, 6.45) is 0. The fourth-order valence-electron chi connectivity index (χ4n) is 2.98. The minimum Gasteiger partial charge on any atom is -0.454 e. The molecule has 0 aromatic heterocycles. The monoisotopic (exact) mass is 376 g/mol. The Hall–Kier alpha value is -2.80. The Labute approximate surface area is 153 Å². The van der Waals surface area contributed by atoms with E-state index in [1.165, 1.54) is 28.0 Å². The van der Waals surface area contributed by atoms with Crippen LogP contribution in [0.1, 0.15) is 5.56 Å². The van der Waals surface area contributed by atoms with Gasteiger partial charge in [0, 0.05) is 36.4 Å². The average molecular weight is 377 g/mol. The molecular formula is C18H14ClFN2O4. The van der Waals surface area contributed by atoms with E-state index in [0.29, 0.717) is 35.8 Å². The summed E-state index contributed by atoms with van der Waals surface area (Å²) in [6.45, 7) is 0.965. The van der Waals surface area contributed by atoms with Crippen LogP contribution in [0.3, 0.4) is 0 Å². The SMILES string of the molecule is O=C1C(=O)N(c2ccc3c(c2)OCO3)CCN1Cc1ccc(F)cc1Cl. The number of benzene rings is 2. The molecule has 0 N–H and O–H groups in total. The van der Waals surface area contributed by atoms with E-state index in [-0.39, 0.29) is 18.4 Å². The van der Waals surface area contributed by atoms with Gasteiger partial charge in [-0.3, -0.25) is 9.59 Å². The van der Waals surface area contributed by atoms with Crippen molar-refractivity contribution in [3.8, 4) is 11.5 Å². The first-order valence-corrected chi connectivity index (χ1v) is 8.35. The summed E-state index contributed by atoms with van der Waals surface area (Å²) in [6, 6.07) is 9.08. The summed E-state index contributed by atoms with van der Waals surface area (Å²) in [5.41, 5.74) is 1.16. The molecule has 2 heterocycles. The van der Waals surface area contributed by atoms with Gasteiger partial charge >= 0.3 is 11.8 Å². The minimum atomic E-state index is -0.631. The molecule has 134 valence electrons. The van der Waals surface area contributed by atoms with Crippen LogP contribution in [0.5, 0.6) is 11.5 Å². The number of carbonyl (C=O) groups excluding carboxylic acids is 2. The van der Waals surface area contributed by atoms with Crippen molar-refractivity contribution in [3.05, 3.63) is 52.8 Å². The summed E-state index contributed by atoms with van der Waals surface area (Å²) in [5, 5.41) is 0.225. The van der Waals surface area contributed by atoms with E-state index in [1.54, 1.807) is 18.2 Å². The lowest BCUT2D eigenvalue weighted by Gasteiger charge is -2.34. The van der Waals surface area contributed by atoms with Crippen LogP contribution >= 0.6 is 11.6 Å². The number of fused-ring (bicyclic) bond motifs is 1. The quantitative estimate of drug-likeness (QED) is 0.773. The van der Waals surface area contributed by atoms with Crippen molar-refractivity contribution in [1.82, 2.24) is 4.90 Å². The third kappa shape index (κ3) is 2.94. The number of ether oxygens (including phenoxy) is 2. The number of amides is 2. The first kappa shape index (κ1) is 16.7. The number of carbonyl (C=O) groups is 2. The predicted molar refractivity (Wildman–Crippen MR) is 91.7 cm³/mol. The first-order chi connectivity index (χ1) is 12.5. The number of piperazine rings is 1. The van der Waals surface area contributed by atoms with Crippen molar-refractivity contribution in [2.24, 2.45) is 0 Å². The van der Waals surface area contributed by atoms with E-state index in [2.05, 4.69) is 0 Å². The molecule has 0 unspecified atom stereocenters. The molecule has 2 amide bonds. The Kier molecular flexibility index (Phi) is 4.16. The zero-order valence-electron chi connectivity index (χ0n) is 13.6. The molecule has 0 aliphatic carbocycles. The smallest absolute Gasteiger partial charge is 0.316 e. The molecule has 1 fully saturated rings. The maximum absolute atomic E-state index is 13.2. The molecule has 0 spiro atoms.